The molecule has 176 valence electrons. The van der Waals surface area contributed by atoms with Crippen LogP contribution in [0.15, 0.2) is 52.0 Å². The summed E-state index contributed by atoms with van der Waals surface area (Å²) in [6, 6.07) is 9.48. The Hall–Kier alpha value is -2.16. The Balaban J connectivity index is 1.71. The molecular weight excluding hydrogens is 426 g/mol. The van der Waals surface area contributed by atoms with Gasteiger partial charge in [0.25, 0.3) is 0 Å². The van der Waals surface area contributed by atoms with Gasteiger partial charge in [-0.2, -0.15) is 4.72 Å². The van der Waals surface area contributed by atoms with Crippen LogP contribution in [0.25, 0.3) is 0 Å². The number of piperidine rings is 1. The average molecular weight is 462 g/mol. The van der Waals surface area contributed by atoms with Gasteiger partial charge in [-0.15, -0.1) is 0 Å². The van der Waals surface area contributed by atoms with E-state index in [4.69, 9.17) is 4.42 Å². The van der Waals surface area contributed by atoms with Crippen molar-refractivity contribution < 1.29 is 17.6 Å². The molecule has 0 saturated carbocycles. The SMILES string of the molecule is Cc1ccc(S(=O)(=O)N[C@H](CC(C)C)C(=O)NC[C@H](c2ccco2)N2CCCCC2)cc1. The Kier molecular flexibility index (Phi) is 8.51. The Morgan fingerprint density at radius 3 is 2.38 bits per heavy atom. The van der Waals surface area contributed by atoms with Crippen LogP contribution in [0.3, 0.4) is 0 Å². The minimum absolute atomic E-state index is 0.0670. The number of benzene rings is 1. The molecule has 1 amide bonds. The van der Waals surface area contributed by atoms with Gasteiger partial charge in [0.1, 0.15) is 11.8 Å². The van der Waals surface area contributed by atoms with Crippen LogP contribution in [0.2, 0.25) is 0 Å². The number of carbonyl (C=O) groups excluding carboxylic acids is 1. The fourth-order valence-corrected chi connectivity index (χ4v) is 5.30. The van der Waals surface area contributed by atoms with E-state index in [2.05, 4.69) is 14.9 Å². The fraction of sp³-hybridized carbons (Fsp3) is 0.542. The van der Waals surface area contributed by atoms with E-state index in [1.54, 1.807) is 30.5 Å². The molecule has 0 aliphatic carbocycles. The van der Waals surface area contributed by atoms with Crippen molar-refractivity contribution in [3.63, 3.8) is 0 Å². The van der Waals surface area contributed by atoms with Gasteiger partial charge in [0, 0.05) is 6.54 Å². The van der Waals surface area contributed by atoms with Gasteiger partial charge in [-0.1, -0.05) is 38.0 Å². The van der Waals surface area contributed by atoms with Crippen molar-refractivity contribution in [3.8, 4) is 0 Å². The van der Waals surface area contributed by atoms with Crippen LogP contribution in [-0.4, -0.2) is 44.9 Å². The van der Waals surface area contributed by atoms with Gasteiger partial charge in [0.05, 0.1) is 17.2 Å². The number of likely N-dealkylation sites (tertiary alicyclic amines) is 1. The van der Waals surface area contributed by atoms with E-state index < -0.39 is 16.1 Å². The predicted molar refractivity (Wildman–Crippen MR) is 125 cm³/mol. The lowest BCUT2D eigenvalue weighted by atomic mass is 10.0. The first-order valence-electron chi connectivity index (χ1n) is 11.4. The highest BCUT2D eigenvalue weighted by Crippen LogP contribution is 2.24. The second-order valence-corrected chi connectivity index (χ2v) is 10.7. The zero-order valence-corrected chi connectivity index (χ0v) is 20.0. The summed E-state index contributed by atoms with van der Waals surface area (Å²) < 4.78 is 34.1. The second kappa shape index (κ2) is 11.1. The molecule has 3 rings (SSSR count). The molecule has 1 aliphatic heterocycles. The van der Waals surface area contributed by atoms with Gasteiger partial charge in [-0.05, 0) is 69.5 Å². The van der Waals surface area contributed by atoms with Crippen LogP contribution >= 0.6 is 0 Å². The molecule has 2 heterocycles. The molecule has 1 aromatic carbocycles. The lowest BCUT2D eigenvalue weighted by Gasteiger charge is -2.33. The summed E-state index contributed by atoms with van der Waals surface area (Å²) in [6.07, 6.45) is 5.51. The number of sulfonamides is 1. The van der Waals surface area contributed by atoms with Crippen LogP contribution in [0, 0.1) is 12.8 Å². The zero-order valence-electron chi connectivity index (χ0n) is 19.2. The molecule has 2 aromatic rings. The number of rotatable bonds is 10. The maximum Gasteiger partial charge on any atom is 0.241 e. The van der Waals surface area contributed by atoms with E-state index in [1.807, 2.05) is 32.9 Å². The number of carbonyl (C=O) groups is 1. The number of nitrogens with zero attached hydrogens (tertiary/aromatic N) is 1. The average Bonchev–Trinajstić information content (AvgIpc) is 3.28. The molecule has 1 aliphatic rings. The minimum Gasteiger partial charge on any atom is -0.468 e. The minimum atomic E-state index is -3.81. The number of amides is 1. The molecule has 32 heavy (non-hydrogen) atoms. The van der Waals surface area contributed by atoms with Gasteiger partial charge >= 0.3 is 0 Å². The number of hydrogen-bond acceptors (Lipinski definition) is 5. The van der Waals surface area contributed by atoms with Crippen molar-refractivity contribution in [2.24, 2.45) is 5.92 Å². The Morgan fingerprint density at radius 2 is 1.78 bits per heavy atom. The normalized spacial score (nSPS) is 17.2. The smallest absolute Gasteiger partial charge is 0.241 e. The third-order valence-electron chi connectivity index (χ3n) is 5.82. The lowest BCUT2D eigenvalue weighted by Crippen LogP contribution is -2.49. The van der Waals surface area contributed by atoms with Crippen LogP contribution in [0.5, 0.6) is 0 Å². The van der Waals surface area contributed by atoms with Crippen molar-refractivity contribution in [1.82, 2.24) is 14.9 Å². The third kappa shape index (κ3) is 6.67. The number of furan rings is 1. The second-order valence-electron chi connectivity index (χ2n) is 8.99. The van der Waals surface area contributed by atoms with Crippen molar-refractivity contribution in [2.75, 3.05) is 19.6 Å². The molecule has 1 saturated heterocycles. The highest BCUT2D eigenvalue weighted by molar-refractivity contribution is 7.89. The molecule has 1 aromatic heterocycles. The summed E-state index contributed by atoms with van der Waals surface area (Å²) in [7, 11) is -3.81. The van der Waals surface area contributed by atoms with E-state index in [1.165, 1.54) is 6.42 Å². The van der Waals surface area contributed by atoms with Crippen molar-refractivity contribution in [2.45, 2.75) is 63.4 Å². The summed E-state index contributed by atoms with van der Waals surface area (Å²) in [5.74, 6) is 0.644. The molecule has 0 spiro atoms. The monoisotopic (exact) mass is 461 g/mol. The summed E-state index contributed by atoms with van der Waals surface area (Å²) >= 11 is 0. The summed E-state index contributed by atoms with van der Waals surface area (Å²) in [5.41, 5.74) is 0.974. The first-order valence-corrected chi connectivity index (χ1v) is 12.9. The molecule has 1 fully saturated rings. The number of nitrogens with one attached hydrogen (secondary N) is 2. The van der Waals surface area contributed by atoms with Gasteiger partial charge in [0.2, 0.25) is 15.9 Å². The topological polar surface area (TPSA) is 91.6 Å². The first-order chi connectivity index (χ1) is 15.3. The summed E-state index contributed by atoms with van der Waals surface area (Å²) in [4.78, 5) is 15.6. The third-order valence-corrected chi connectivity index (χ3v) is 7.31. The molecule has 7 nitrogen and oxygen atoms in total. The number of hydrogen-bond donors (Lipinski definition) is 2. The van der Waals surface area contributed by atoms with Crippen LogP contribution < -0.4 is 10.0 Å². The van der Waals surface area contributed by atoms with E-state index in [9.17, 15) is 13.2 Å². The standard InChI is InChI=1S/C24H35N3O4S/c1-18(2)16-21(26-32(29,30)20-11-9-19(3)10-12-20)24(28)25-17-22(23-8-7-15-31-23)27-13-5-4-6-14-27/h7-12,15,18,21-22,26H,4-6,13-14,16-17H2,1-3H3,(H,25,28)/t21-,22-/m1/s1. The molecule has 0 unspecified atom stereocenters. The van der Waals surface area contributed by atoms with Gasteiger partial charge in [-0.25, -0.2) is 8.42 Å². The summed E-state index contributed by atoms with van der Waals surface area (Å²) in [5, 5.41) is 2.99. The van der Waals surface area contributed by atoms with E-state index >= 15 is 0 Å². The lowest BCUT2D eigenvalue weighted by molar-refractivity contribution is -0.123. The van der Waals surface area contributed by atoms with Crippen molar-refractivity contribution in [3.05, 3.63) is 54.0 Å². The summed E-state index contributed by atoms with van der Waals surface area (Å²) in [6.45, 7) is 8.12. The molecular formula is C24H35N3O4S. The molecule has 2 N–H and O–H groups in total. The number of aryl methyl sites for hydroxylation is 1. The molecule has 0 radical (unpaired) electrons. The Labute approximate surface area is 191 Å². The van der Waals surface area contributed by atoms with Crippen molar-refractivity contribution in [1.29, 1.82) is 0 Å². The quantitative estimate of drug-likeness (QED) is 0.564. The van der Waals surface area contributed by atoms with Crippen LogP contribution in [0.4, 0.5) is 0 Å². The van der Waals surface area contributed by atoms with Crippen LogP contribution in [0.1, 0.15) is 56.9 Å². The first kappa shape index (κ1) is 24.5. The highest BCUT2D eigenvalue weighted by atomic mass is 32.2. The van der Waals surface area contributed by atoms with E-state index in [0.717, 1.165) is 37.3 Å². The maximum atomic E-state index is 13.1. The fourth-order valence-electron chi connectivity index (χ4n) is 4.09. The van der Waals surface area contributed by atoms with E-state index in [-0.39, 0.29) is 22.8 Å². The van der Waals surface area contributed by atoms with Gasteiger partial charge in [-0.3, -0.25) is 9.69 Å². The zero-order chi connectivity index (χ0) is 23.1. The van der Waals surface area contributed by atoms with Crippen LogP contribution in [-0.2, 0) is 14.8 Å². The Bertz CT molecular complexity index is 950. The van der Waals surface area contributed by atoms with E-state index in [0.29, 0.717) is 13.0 Å². The maximum absolute atomic E-state index is 13.1. The largest absolute Gasteiger partial charge is 0.468 e. The molecule has 2 atom stereocenters. The molecule has 8 heteroatoms. The highest BCUT2D eigenvalue weighted by Gasteiger charge is 2.29. The van der Waals surface area contributed by atoms with Crippen molar-refractivity contribution >= 4 is 15.9 Å². The van der Waals surface area contributed by atoms with Gasteiger partial charge in [0.15, 0.2) is 0 Å². The van der Waals surface area contributed by atoms with Gasteiger partial charge < -0.3 is 9.73 Å². The Morgan fingerprint density at radius 1 is 1.09 bits per heavy atom. The predicted octanol–water partition coefficient (Wildman–Crippen LogP) is 3.62. The molecule has 0 bridgehead atoms.